The standard InChI is InChI=1S/C12H16ClN3/c1-16-8-6-12(7-9-16)15-14-11-4-2-10(13)3-5-11/h2-5,14H,6-9H2,1H3. The number of nitrogens with zero attached hydrogens (tertiary/aromatic N) is 2. The first-order valence-electron chi connectivity index (χ1n) is 5.49. The van der Waals surface area contributed by atoms with Gasteiger partial charge in [-0.25, -0.2) is 0 Å². The summed E-state index contributed by atoms with van der Waals surface area (Å²) in [5.41, 5.74) is 5.29. The maximum atomic E-state index is 5.81. The first kappa shape index (κ1) is 11.4. The molecule has 86 valence electrons. The van der Waals surface area contributed by atoms with Gasteiger partial charge in [-0.15, -0.1) is 0 Å². The van der Waals surface area contributed by atoms with E-state index >= 15 is 0 Å². The molecule has 1 aromatic rings. The summed E-state index contributed by atoms with van der Waals surface area (Å²) in [6.07, 6.45) is 2.11. The van der Waals surface area contributed by atoms with Gasteiger partial charge in [0, 0.05) is 36.7 Å². The van der Waals surface area contributed by atoms with E-state index in [1.807, 2.05) is 24.3 Å². The molecule has 2 rings (SSSR count). The second-order valence-corrected chi connectivity index (χ2v) is 4.54. The van der Waals surface area contributed by atoms with Gasteiger partial charge in [-0.3, -0.25) is 5.43 Å². The quantitative estimate of drug-likeness (QED) is 0.801. The second-order valence-electron chi connectivity index (χ2n) is 4.10. The van der Waals surface area contributed by atoms with Gasteiger partial charge in [0.1, 0.15) is 0 Å². The van der Waals surface area contributed by atoms with Crippen LogP contribution >= 0.6 is 11.6 Å². The Balaban J connectivity index is 1.91. The van der Waals surface area contributed by atoms with E-state index in [0.29, 0.717) is 0 Å². The van der Waals surface area contributed by atoms with Crippen LogP contribution in [0.5, 0.6) is 0 Å². The Morgan fingerprint density at radius 3 is 2.44 bits per heavy atom. The smallest absolute Gasteiger partial charge is 0.0562 e. The molecule has 1 N–H and O–H groups in total. The van der Waals surface area contributed by atoms with E-state index in [-0.39, 0.29) is 0 Å². The zero-order valence-electron chi connectivity index (χ0n) is 9.41. The lowest BCUT2D eigenvalue weighted by Crippen LogP contribution is -2.30. The minimum absolute atomic E-state index is 0.748. The van der Waals surface area contributed by atoms with Gasteiger partial charge in [-0.05, 0) is 31.3 Å². The van der Waals surface area contributed by atoms with Crippen molar-refractivity contribution in [2.24, 2.45) is 5.10 Å². The third-order valence-corrected chi connectivity index (χ3v) is 3.00. The van der Waals surface area contributed by atoms with Crippen molar-refractivity contribution in [1.29, 1.82) is 0 Å². The van der Waals surface area contributed by atoms with Gasteiger partial charge < -0.3 is 4.90 Å². The number of halogens is 1. The number of hydrazone groups is 1. The number of piperidine rings is 1. The molecule has 0 atom stereocenters. The molecule has 0 amide bonds. The van der Waals surface area contributed by atoms with Crippen LogP contribution in [0.1, 0.15) is 12.8 Å². The van der Waals surface area contributed by atoms with E-state index in [2.05, 4.69) is 22.5 Å². The highest BCUT2D eigenvalue weighted by molar-refractivity contribution is 6.30. The monoisotopic (exact) mass is 237 g/mol. The molecule has 0 bridgehead atoms. The zero-order valence-corrected chi connectivity index (χ0v) is 10.2. The molecule has 0 spiro atoms. The molecular formula is C12H16ClN3. The number of hydrogen-bond acceptors (Lipinski definition) is 3. The first-order valence-corrected chi connectivity index (χ1v) is 5.87. The predicted octanol–water partition coefficient (Wildman–Crippen LogP) is 2.83. The first-order chi connectivity index (χ1) is 7.74. The lowest BCUT2D eigenvalue weighted by atomic mass is 10.1. The molecule has 0 aromatic heterocycles. The summed E-state index contributed by atoms with van der Waals surface area (Å²) in [7, 11) is 2.14. The fourth-order valence-corrected chi connectivity index (χ4v) is 1.78. The molecule has 1 aromatic carbocycles. The summed E-state index contributed by atoms with van der Waals surface area (Å²) in [5, 5.41) is 5.16. The number of likely N-dealkylation sites (tertiary alicyclic amines) is 1. The van der Waals surface area contributed by atoms with Crippen molar-refractivity contribution in [3.05, 3.63) is 29.3 Å². The molecule has 0 saturated carbocycles. The van der Waals surface area contributed by atoms with Crippen molar-refractivity contribution in [1.82, 2.24) is 4.90 Å². The minimum atomic E-state index is 0.748. The Morgan fingerprint density at radius 2 is 1.81 bits per heavy atom. The van der Waals surface area contributed by atoms with E-state index in [0.717, 1.165) is 36.6 Å². The van der Waals surface area contributed by atoms with Crippen LogP contribution < -0.4 is 5.43 Å². The van der Waals surface area contributed by atoms with Crippen LogP contribution in [0.2, 0.25) is 5.02 Å². The van der Waals surface area contributed by atoms with E-state index in [1.165, 1.54) is 5.71 Å². The fourth-order valence-electron chi connectivity index (χ4n) is 1.66. The van der Waals surface area contributed by atoms with Gasteiger partial charge in [0.25, 0.3) is 0 Å². The summed E-state index contributed by atoms with van der Waals surface area (Å²) in [5.74, 6) is 0. The van der Waals surface area contributed by atoms with Gasteiger partial charge in [-0.1, -0.05) is 11.6 Å². The molecule has 1 heterocycles. The molecule has 1 aliphatic heterocycles. The Morgan fingerprint density at radius 1 is 1.19 bits per heavy atom. The van der Waals surface area contributed by atoms with Crippen LogP contribution in [0, 0.1) is 0 Å². The molecule has 0 radical (unpaired) electrons. The fraction of sp³-hybridized carbons (Fsp3) is 0.417. The van der Waals surface area contributed by atoms with Gasteiger partial charge in [0.05, 0.1) is 5.69 Å². The lowest BCUT2D eigenvalue weighted by molar-refractivity contribution is 0.336. The van der Waals surface area contributed by atoms with Crippen molar-refractivity contribution < 1.29 is 0 Å². The molecule has 0 unspecified atom stereocenters. The van der Waals surface area contributed by atoms with Crippen LogP contribution in [0.25, 0.3) is 0 Å². The molecule has 16 heavy (non-hydrogen) atoms. The lowest BCUT2D eigenvalue weighted by Gasteiger charge is -2.22. The van der Waals surface area contributed by atoms with Crippen molar-refractivity contribution in [2.75, 3.05) is 25.6 Å². The van der Waals surface area contributed by atoms with E-state index in [1.54, 1.807) is 0 Å². The average molecular weight is 238 g/mol. The molecular weight excluding hydrogens is 222 g/mol. The van der Waals surface area contributed by atoms with Crippen molar-refractivity contribution >= 4 is 23.0 Å². The minimum Gasteiger partial charge on any atom is -0.306 e. The third kappa shape index (κ3) is 3.22. The van der Waals surface area contributed by atoms with Gasteiger partial charge in [0.15, 0.2) is 0 Å². The van der Waals surface area contributed by atoms with E-state index < -0.39 is 0 Å². The van der Waals surface area contributed by atoms with Crippen molar-refractivity contribution in [3.63, 3.8) is 0 Å². The number of benzene rings is 1. The summed E-state index contributed by atoms with van der Waals surface area (Å²) >= 11 is 5.81. The molecule has 0 aliphatic carbocycles. The maximum Gasteiger partial charge on any atom is 0.0562 e. The summed E-state index contributed by atoms with van der Waals surface area (Å²) in [6.45, 7) is 2.20. The highest BCUT2D eigenvalue weighted by atomic mass is 35.5. The topological polar surface area (TPSA) is 27.6 Å². The van der Waals surface area contributed by atoms with Gasteiger partial charge in [-0.2, -0.15) is 5.10 Å². The van der Waals surface area contributed by atoms with Crippen LogP contribution in [0.15, 0.2) is 29.4 Å². The SMILES string of the molecule is CN1CCC(=NNc2ccc(Cl)cc2)CC1. The van der Waals surface area contributed by atoms with Crippen LogP contribution in [-0.2, 0) is 0 Å². The Hall–Kier alpha value is -1.06. The molecule has 1 fully saturated rings. The number of rotatable bonds is 2. The van der Waals surface area contributed by atoms with Crippen LogP contribution in [0.3, 0.4) is 0 Å². The highest BCUT2D eigenvalue weighted by Crippen LogP contribution is 2.14. The number of anilines is 1. The van der Waals surface area contributed by atoms with Crippen LogP contribution in [0.4, 0.5) is 5.69 Å². The Kier molecular flexibility index (Phi) is 3.80. The van der Waals surface area contributed by atoms with Crippen LogP contribution in [-0.4, -0.2) is 30.7 Å². The summed E-state index contributed by atoms with van der Waals surface area (Å²) in [6, 6.07) is 7.58. The van der Waals surface area contributed by atoms with Gasteiger partial charge >= 0.3 is 0 Å². The zero-order chi connectivity index (χ0) is 11.4. The van der Waals surface area contributed by atoms with Crippen molar-refractivity contribution in [3.8, 4) is 0 Å². The summed E-state index contributed by atoms with van der Waals surface area (Å²) in [4.78, 5) is 2.32. The largest absolute Gasteiger partial charge is 0.306 e. The molecule has 3 nitrogen and oxygen atoms in total. The van der Waals surface area contributed by atoms with E-state index in [9.17, 15) is 0 Å². The number of hydrogen-bond donors (Lipinski definition) is 1. The highest BCUT2D eigenvalue weighted by Gasteiger charge is 2.10. The third-order valence-electron chi connectivity index (χ3n) is 2.75. The number of nitrogens with one attached hydrogen (secondary N) is 1. The summed E-state index contributed by atoms with van der Waals surface area (Å²) < 4.78 is 0. The normalized spacial score (nSPS) is 17.2. The maximum absolute atomic E-state index is 5.81. The Bertz CT molecular complexity index is 362. The van der Waals surface area contributed by atoms with Crippen molar-refractivity contribution in [2.45, 2.75) is 12.8 Å². The molecule has 4 heteroatoms. The van der Waals surface area contributed by atoms with E-state index in [4.69, 9.17) is 11.6 Å². The Labute approximate surface area is 101 Å². The second kappa shape index (κ2) is 5.32. The predicted molar refractivity (Wildman–Crippen MR) is 69.2 cm³/mol. The molecule has 1 saturated heterocycles. The average Bonchev–Trinajstić information content (AvgIpc) is 2.30. The molecule has 1 aliphatic rings. The van der Waals surface area contributed by atoms with Gasteiger partial charge in [0.2, 0.25) is 0 Å².